The molecule has 8 heteroatoms. The number of hydrogen-bond donors (Lipinski definition) is 0. The van der Waals surface area contributed by atoms with Crippen molar-refractivity contribution in [1.29, 1.82) is 0 Å². The lowest BCUT2D eigenvalue weighted by Gasteiger charge is -2.03. The van der Waals surface area contributed by atoms with Crippen molar-refractivity contribution in [2.75, 3.05) is 7.11 Å². The zero-order chi connectivity index (χ0) is 12.5. The molecule has 0 heterocycles. The molecule has 0 saturated heterocycles. The van der Waals surface area contributed by atoms with Crippen molar-refractivity contribution in [2.24, 2.45) is 0 Å². The smallest absolute Gasteiger partial charge is 0.341 e. The molecule has 1 aromatic rings. The molecule has 1 rings (SSSR count). The SMILES string of the molecule is COC(=O)c1cc(S(=O)(=O)F)cc(F)c1F. The average molecular weight is 254 g/mol. The van der Waals surface area contributed by atoms with E-state index in [-0.39, 0.29) is 6.07 Å². The Hall–Kier alpha value is -1.57. The summed E-state index contributed by atoms with van der Waals surface area (Å²) in [5.41, 5.74) is -0.987. The van der Waals surface area contributed by atoms with Crippen LogP contribution in [0.15, 0.2) is 17.0 Å². The highest BCUT2D eigenvalue weighted by molar-refractivity contribution is 7.86. The molecule has 16 heavy (non-hydrogen) atoms. The van der Waals surface area contributed by atoms with Gasteiger partial charge in [-0.3, -0.25) is 0 Å². The van der Waals surface area contributed by atoms with Gasteiger partial charge in [-0.05, 0) is 12.1 Å². The third-order valence-electron chi connectivity index (χ3n) is 1.69. The van der Waals surface area contributed by atoms with Crippen molar-refractivity contribution in [3.8, 4) is 0 Å². The summed E-state index contributed by atoms with van der Waals surface area (Å²) in [7, 11) is -4.34. The van der Waals surface area contributed by atoms with Gasteiger partial charge < -0.3 is 4.74 Å². The molecular weight excluding hydrogens is 249 g/mol. The van der Waals surface area contributed by atoms with Gasteiger partial charge in [-0.15, -0.1) is 3.89 Å². The predicted molar refractivity (Wildman–Crippen MR) is 46.0 cm³/mol. The van der Waals surface area contributed by atoms with Gasteiger partial charge in [0.1, 0.15) is 4.90 Å². The van der Waals surface area contributed by atoms with Crippen LogP contribution in [0, 0.1) is 11.6 Å². The fourth-order valence-corrected chi connectivity index (χ4v) is 1.47. The lowest BCUT2D eigenvalue weighted by atomic mass is 10.2. The summed E-state index contributed by atoms with van der Waals surface area (Å²) in [5, 5.41) is 0. The minimum absolute atomic E-state index is 0.136. The fraction of sp³-hybridized carbons (Fsp3) is 0.125. The number of rotatable bonds is 2. The van der Waals surface area contributed by atoms with E-state index in [1.807, 2.05) is 0 Å². The summed E-state index contributed by atoms with van der Waals surface area (Å²) >= 11 is 0. The molecule has 0 aliphatic heterocycles. The molecule has 0 radical (unpaired) electrons. The summed E-state index contributed by atoms with van der Waals surface area (Å²) in [6.45, 7) is 0. The van der Waals surface area contributed by atoms with Crippen LogP contribution in [0.1, 0.15) is 10.4 Å². The summed E-state index contributed by atoms with van der Waals surface area (Å²) in [6, 6.07) is 0.497. The molecule has 0 N–H and O–H groups in total. The van der Waals surface area contributed by atoms with E-state index in [0.29, 0.717) is 6.07 Å². The molecule has 0 atom stereocenters. The van der Waals surface area contributed by atoms with Gasteiger partial charge in [0.25, 0.3) is 0 Å². The molecule has 0 aliphatic rings. The van der Waals surface area contributed by atoms with Crippen molar-refractivity contribution in [2.45, 2.75) is 4.90 Å². The van der Waals surface area contributed by atoms with Gasteiger partial charge in [0.05, 0.1) is 12.7 Å². The first kappa shape index (κ1) is 12.5. The Balaban J connectivity index is 3.51. The highest BCUT2D eigenvalue weighted by Crippen LogP contribution is 2.20. The number of esters is 1. The molecule has 0 saturated carbocycles. The van der Waals surface area contributed by atoms with Crippen molar-refractivity contribution in [3.05, 3.63) is 29.3 Å². The Morgan fingerprint density at radius 1 is 1.31 bits per heavy atom. The number of halogens is 3. The van der Waals surface area contributed by atoms with Crippen LogP contribution in [0.5, 0.6) is 0 Å². The van der Waals surface area contributed by atoms with E-state index in [0.717, 1.165) is 7.11 Å². The largest absolute Gasteiger partial charge is 0.465 e. The third-order valence-corrected chi connectivity index (χ3v) is 2.49. The normalized spacial score (nSPS) is 11.2. The van der Waals surface area contributed by atoms with E-state index in [1.165, 1.54) is 0 Å². The van der Waals surface area contributed by atoms with Crippen LogP contribution in [0.3, 0.4) is 0 Å². The monoisotopic (exact) mass is 254 g/mol. The third kappa shape index (κ3) is 2.32. The van der Waals surface area contributed by atoms with Crippen molar-refractivity contribution in [3.63, 3.8) is 0 Å². The second-order valence-corrected chi connectivity index (χ2v) is 4.04. The van der Waals surface area contributed by atoms with Gasteiger partial charge in [-0.2, -0.15) is 8.42 Å². The molecule has 0 aliphatic carbocycles. The minimum Gasteiger partial charge on any atom is -0.465 e. The topological polar surface area (TPSA) is 60.4 Å². The van der Waals surface area contributed by atoms with Gasteiger partial charge in [0.2, 0.25) is 0 Å². The van der Waals surface area contributed by atoms with Crippen LogP contribution in [0.2, 0.25) is 0 Å². The number of methoxy groups -OCH3 is 1. The lowest BCUT2D eigenvalue weighted by molar-refractivity contribution is 0.0594. The molecule has 4 nitrogen and oxygen atoms in total. The van der Waals surface area contributed by atoms with Crippen molar-refractivity contribution >= 4 is 16.2 Å². The molecular formula is C8H5F3O4S. The Morgan fingerprint density at radius 2 is 1.88 bits per heavy atom. The van der Waals surface area contributed by atoms with E-state index < -0.39 is 38.3 Å². The Morgan fingerprint density at radius 3 is 2.31 bits per heavy atom. The Labute approximate surface area is 88.9 Å². The molecule has 0 spiro atoms. The maximum atomic E-state index is 13.0. The number of hydrogen-bond acceptors (Lipinski definition) is 4. The summed E-state index contributed by atoms with van der Waals surface area (Å²) in [6.07, 6.45) is 0. The quantitative estimate of drug-likeness (QED) is 0.591. The van der Waals surface area contributed by atoms with Crippen LogP contribution in [0.25, 0.3) is 0 Å². The molecule has 0 unspecified atom stereocenters. The van der Waals surface area contributed by atoms with Crippen LogP contribution >= 0.6 is 0 Å². The molecule has 88 valence electrons. The van der Waals surface area contributed by atoms with E-state index in [4.69, 9.17) is 0 Å². The fourth-order valence-electron chi connectivity index (χ4n) is 0.963. The highest BCUT2D eigenvalue weighted by Gasteiger charge is 2.22. The first-order chi connectivity index (χ1) is 7.27. The molecule has 0 bridgehead atoms. The van der Waals surface area contributed by atoms with Gasteiger partial charge in [0.15, 0.2) is 11.6 Å². The average Bonchev–Trinajstić information content (AvgIpc) is 2.19. The second kappa shape index (κ2) is 4.12. The minimum atomic E-state index is -5.22. The number of carbonyl (C=O) groups is 1. The van der Waals surface area contributed by atoms with E-state index in [2.05, 4.69) is 4.74 Å². The number of benzene rings is 1. The molecule has 0 amide bonds. The molecule has 0 aromatic heterocycles. The summed E-state index contributed by atoms with van der Waals surface area (Å²) < 4.78 is 63.4. The van der Waals surface area contributed by atoms with Crippen LogP contribution in [0.4, 0.5) is 12.7 Å². The molecule has 1 aromatic carbocycles. The van der Waals surface area contributed by atoms with Gasteiger partial charge in [-0.1, -0.05) is 0 Å². The highest BCUT2D eigenvalue weighted by atomic mass is 32.3. The van der Waals surface area contributed by atoms with Crippen LogP contribution in [-0.4, -0.2) is 21.5 Å². The van der Waals surface area contributed by atoms with Gasteiger partial charge in [0, 0.05) is 0 Å². The zero-order valence-electron chi connectivity index (χ0n) is 7.83. The van der Waals surface area contributed by atoms with Crippen molar-refractivity contribution < 1.29 is 30.6 Å². The van der Waals surface area contributed by atoms with Crippen LogP contribution < -0.4 is 0 Å². The predicted octanol–water partition coefficient (Wildman–Crippen LogP) is 1.41. The lowest BCUT2D eigenvalue weighted by Crippen LogP contribution is -2.08. The zero-order valence-corrected chi connectivity index (χ0v) is 8.65. The maximum absolute atomic E-state index is 13.0. The maximum Gasteiger partial charge on any atom is 0.341 e. The summed E-state index contributed by atoms with van der Waals surface area (Å²) in [4.78, 5) is 9.77. The van der Waals surface area contributed by atoms with E-state index in [9.17, 15) is 25.9 Å². The van der Waals surface area contributed by atoms with Crippen LogP contribution in [-0.2, 0) is 15.0 Å². The molecule has 0 fully saturated rings. The second-order valence-electron chi connectivity index (χ2n) is 2.70. The standard InChI is InChI=1S/C8H5F3O4S/c1-15-8(12)5-2-4(16(11,13)14)3-6(9)7(5)10/h2-3H,1H3. The first-order valence-corrected chi connectivity index (χ1v) is 5.17. The van der Waals surface area contributed by atoms with Gasteiger partial charge in [-0.25, -0.2) is 13.6 Å². The Bertz CT molecular complexity index is 538. The summed E-state index contributed by atoms with van der Waals surface area (Å²) in [5.74, 6) is -4.56. The number of carbonyl (C=O) groups excluding carboxylic acids is 1. The first-order valence-electron chi connectivity index (χ1n) is 3.79. The van der Waals surface area contributed by atoms with E-state index in [1.54, 1.807) is 0 Å². The van der Waals surface area contributed by atoms with E-state index >= 15 is 0 Å². The van der Waals surface area contributed by atoms with Gasteiger partial charge >= 0.3 is 16.2 Å². The Kier molecular flexibility index (Phi) is 3.22. The van der Waals surface area contributed by atoms with Crippen molar-refractivity contribution in [1.82, 2.24) is 0 Å². The number of ether oxygens (including phenoxy) is 1.